The minimum atomic E-state index is -0.450. The molecule has 1 aromatic heterocycles. The first-order chi connectivity index (χ1) is 14.5. The molecule has 2 aromatic carbocycles. The van der Waals surface area contributed by atoms with Gasteiger partial charge in [-0.05, 0) is 31.0 Å². The molecule has 0 fully saturated rings. The zero-order chi connectivity index (χ0) is 21.5. The van der Waals surface area contributed by atoms with Gasteiger partial charge in [0, 0.05) is 18.3 Å². The monoisotopic (exact) mass is 422 g/mol. The highest BCUT2D eigenvalue weighted by Gasteiger charge is 2.22. The molecule has 3 rings (SSSR count). The van der Waals surface area contributed by atoms with Crippen molar-refractivity contribution in [2.24, 2.45) is 0 Å². The lowest BCUT2D eigenvalue weighted by Crippen LogP contribution is -2.27. The third-order valence-electron chi connectivity index (χ3n) is 5.15. The Hall–Kier alpha value is -2.85. The first-order valence-electron chi connectivity index (χ1n) is 10.4. The first kappa shape index (κ1) is 21.8. The summed E-state index contributed by atoms with van der Waals surface area (Å²) in [6.07, 6.45) is 4.42. The van der Waals surface area contributed by atoms with Gasteiger partial charge in [-0.2, -0.15) is 0 Å². The molecule has 0 aliphatic heterocycles. The summed E-state index contributed by atoms with van der Waals surface area (Å²) in [5.74, 6) is -0.450. The molecule has 4 nitrogen and oxygen atoms in total. The number of carbonyl (C=O) groups is 1. The fourth-order valence-electron chi connectivity index (χ4n) is 3.62. The van der Waals surface area contributed by atoms with Crippen molar-refractivity contribution in [3.8, 4) is 11.3 Å². The van der Waals surface area contributed by atoms with Gasteiger partial charge < -0.3 is 9.88 Å². The summed E-state index contributed by atoms with van der Waals surface area (Å²) in [6, 6.07) is 18.2. The van der Waals surface area contributed by atoms with Crippen LogP contribution in [-0.4, -0.2) is 10.5 Å². The predicted molar refractivity (Wildman–Crippen MR) is 124 cm³/mol. The average Bonchev–Trinajstić information content (AvgIpc) is 2.74. The summed E-state index contributed by atoms with van der Waals surface area (Å²) in [7, 11) is 0. The van der Waals surface area contributed by atoms with E-state index in [1.165, 1.54) is 6.42 Å². The standard InChI is InChI=1S/C25H27ClN2O2/c1-3-4-5-11-16-28-18(2)17-22(29)23(24(28)19-12-7-6-8-13-19)25(30)27-21-15-10-9-14-20(21)26/h6-10,12-15,17H,3-5,11,16H2,1-2H3,(H,27,30). The highest BCUT2D eigenvalue weighted by atomic mass is 35.5. The van der Waals surface area contributed by atoms with Crippen LogP contribution in [0, 0.1) is 6.92 Å². The summed E-state index contributed by atoms with van der Waals surface area (Å²) in [6.45, 7) is 4.85. The van der Waals surface area contributed by atoms with Gasteiger partial charge in [-0.3, -0.25) is 9.59 Å². The van der Waals surface area contributed by atoms with E-state index in [0.717, 1.165) is 37.1 Å². The second-order valence-electron chi connectivity index (χ2n) is 7.39. The van der Waals surface area contributed by atoms with E-state index in [4.69, 9.17) is 11.6 Å². The first-order valence-corrected chi connectivity index (χ1v) is 10.8. The van der Waals surface area contributed by atoms with E-state index < -0.39 is 5.91 Å². The predicted octanol–water partition coefficient (Wildman–Crippen LogP) is 6.31. The minimum Gasteiger partial charge on any atom is -0.344 e. The number of anilines is 1. The molecule has 0 radical (unpaired) electrons. The third kappa shape index (κ3) is 5.00. The van der Waals surface area contributed by atoms with Crippen LogP contribution in [0.4, 0.5) is 5.69 Å². The number of carbonyl (C=O) groups excluding carboxylic acids is 1. The lowest BCUT2D eigenvalue weighted by Gasteiger charge is -2.20. The van der Waals surface area contributed by atoms with Crippen LogP contribution >= 0.6 is 11.6 Å². The topological polar surface area (TPSA) is 51.1 Å². The van der Waals surface area contributed by atoms with E-state index >= 15 is 0 Å². The smallest absolute Gasteiger partial charge is 0.261 e. The molecule has 0 bridgehead atoms. The number of aromatic nitrogens is 1. The van der Waals surface area contributed by atoms with Gasteiger partial charge in [-0.1, -0.05) is 80.3 Å². The number of unbranched alkanes of at least 4 members (excludes halogenated alkanes) is 3. The van der Waals surface area contributed by atoms with Gasteiger partial charge in [-0.25, -0.2) is 0 Å². The Morgan fingerprint density at radius 3 is 2.40 bits per heavy atom. The Kier molecular flexibility index (Phi) is 7.47. The van der Waals surface area contributed by atoms with E-state index in [1.807, 2.05) is 37.3 Å². The molecule has 0 atom stereocenters. The maximum Gasteiger partial charge on any atom is 0.261 e. The molecular weight excluding hydrogens is 396 g/mol. The Morgan fingerprint density at radius 2 is 1.70 bits per heavy atom. The molecule has 0 aliphatic rings. The molecule has 0 saturated heterocycles. The maximum absolute atomic E-state index is 13.2. The van der Waals surface area contributed by atoms with Gasteiger partial charge in [0.05, 0.1) is 16.4 Å². The number of benzene rings is 2. The van der Waals surface area contributed by atoms with E-state index in [2.05, 4.69) is 16.8 Å². The van der Waals surface area contributed by atoms with Crippen LogP contribution in [0.3, 0.4) is 0 Å². The molecule has 0 spiro atoms. The SMILES string of the molecule is CCCCCCn1c(C)cc(=O)c(C(=O)Nc2ccccc2Cl)c1-c1ccccc1. The Balaban J connectivity index is 2.10. The molecule has 0 saturated carbocycles. The van der Waals surface area contributed by atoms with Crippen LogP contribution < -0.4 is 10.7 Å². The molecule has 1 amide bonds. The van der Waals surface area contributed by atoms with E-state index in [1.54, 1.807) is 30.3 Å². The molecule has 0 aliphatic carbocycles. The third-order valence-corrected chi connectivity index (χ3v) is 5.48. The van der Waals surface area contributed by atoms with Crippen LogP contribution in [0.5, 0.6) is 0 Å². The molecule has 156 valence electrons. The van der Waals surface area contributed by atoms with E-state index in [9.17, 15) is 9.59 Å². The van der Waals surface area contributed by atoms with Crippen molar-refractivity contribution in [1.29, 1.82) is 0 Å². The molecule has 0 unspecified atom stereocenters. The molecule has 1 heterocycles. The van der Waals surface area contributed by atoms with Crippen molar-refractivity contribution in [2.45, 2.75) is 46.1 Å². The molecule has 30 heavy (non-hydrogen) atoms. The zero-order valence-electron chi connectivity index (χ0n) is 17.5. The largest absolute Gasteiger partial charge is 0.344 e. The Morgan fingerprint density at radius 1 is 1.00 bits per heavy atom. The second kappa shape index (κ2) is 10.3. The zero-order valence-corrected chi connectivity index (χ0v) is 18.2. The minimum absolute atomic E-state index is 0.141. The summed E-state index contributed by atoms with van der Waals surface area (Å²) >= 11 is 6.21. The second-order valence-corrected chi connectivity index (χ2v) is 7.79. The van der Waals surface area contributed by atoms with Crippen molar-refractivity contribution in [3.63, 3.8) is 0 Å². The Bertz CT molecular complexity index is 1070. The van der Waals surface area contributed by atoms with Gasteiger partial charge in [-0.15, -0.1) is 0 Å². The molecule has 1 N–H and O–H groups in total. The Labute approximate surface area is 182 Å². The number of hydrogen-bond acceptors (Lipinski definition) is 2. The number of nitrogens with one attached hydrogen (secondary N) is 1. The number of hydrogen-bond donors (Lipinski definition) is 1. The van der Waals surface area contributed by atoms with E-state index in [-0.39, 0.29) is 11.0 Å². The highest BCUT2D eigenvalue weighted by Crippen LogP contribution is 2.26. The van der Waals surface area contributed by atoms with Crippen molar-refractivity contribution in [3.05, 3.63) is 87.2 Å². The summed E-state index contributed by atoms with van der Waals surface area (Å²) < 4.78 is 2.09. The maximum atomic E-state index is 13.2. The van der Waals surface area contributed by atoms with Crippen LogP contribution in [-0.2, 0) is 6.54 Å². The highest BCUT2D eigenvalue weighted by molar-refractivity contribution is 6.34. The average molecular weight is 423 g/mol. The number of nitrogens with zero attached hydrogens (tertiary/aromatic N) is 1. The van der Waals surface area contributed by atoms with Gasteiger partial charge in [0.25, 0.3) is 5.91 Å². The quantitative estimate of drug-likeness (QED) is 0.432. The molecule has 3 aromatic rings. The van der Waals surface area contributed by atoms with E-state index in [0.29, 0.717) is 16.4 Å². The lowest BCUT2D eigenvalue weighted by molar-refractivity contribution is 0.102. The van der Waals surface area contributed by atoms with Crippen molar-refractivity contribution in [1.82, 2.24) is 4.57 Å². The van der Waals surface area contributed by atoms with Gasteiger partial charge in [0.2, 0.25) is 0 Å². The lowest BCUT2D eigenvalue weighted by atomic mass is 10.0. The molecular formula is C25H27ClN2O2. The van der Waals surface area contributed by atoms with Gasteiger partial charge in [0.15, 0.2) is 5.43 Å². The summed E-state index contributed by atoms with van der Waals surface area (Å²) in [5.41, 5.74) is 2.69. The number of pyridine rings is 1. The molecule has 5 heteroatoms. The van der Waals surface area contributed by atoms with Gasteiger partial charge in [0.1, 0.15) is 5.56 Å². The fourth-order valence-corrected chi connectivity index (χ4v) is 3.80. The number of aryl methyl sites for hydroxylation is 1. The summed E-state index contributed by atoms with van der Waals surface area (Å²) in [4.78, 5) is 26.2. The van der Waals surface area contributed by atoms with Crippen molar-refractivity contribution in [2.75, 3.05) is 5.32 Å². The van der Waals surface area contributed by atoms with Crippen molar-refractivity contribution >= 4 is 23.2 Å². The number of amides is 1. The van der Waals surface area contributed by atoms with Crippen molar-refractivity contribution < 1.29 is 4.79 Å². The summed E-state index contributed by atoms with van der Waals surface area (Å²) in [5, 5.41) is 3.25. The van der Waals surface area contributed by atoms with Crippen LogP contribution in [0.25, 0.3) is 11.3 Å². The number of halogens is 1. The normalized spacial score (nSPS) is 10.8. The van der Waals surface area contributed by atoms with Crippen LogP contribution in [0.15, 0.2) is 65.5 Å². The number of para-hydroxylation sites is 1. The van der Waals surface area contributed by atoms with Crippen LogP contribution in [0.1, 0.15) is 48.7 Å². The van der Waals surface area contributed by atoms with Gasteiger partial charge >= 0.3 is 0 Å². The fraction of sp³-hybridized carbons (Fsp3) is 0.280. The van der Waals surface area contributed by atoms with Crippen LogP contribution in [0.2, 0.25) is 5.02 Å². The number of rotatable bonds is 8.